The van der Waals surface area contributed by atoms with E-state index in [-0.39, 0.29) is 18.9 Å². The van der Waals surface area contributed by atoms with Crippen molar-refractivity contribution in [2.24, 2.45) is 5.92 Å². The monoisotopic (exact) mass is 331 g/mol. The number of hydrogen-bond acceptors (Lipinski definition) is 1. The average Bonchev–Trinajstić information content (AvgIpc) is 2.39. The molecule has 0 heterocycles. The summed E-state index contributed by atoms with van der Waals surface area (Å²) in [4.78, 5) is 0. The fourth-order valence-electron chi connectivity index (χ4n) is 2.84. The van der Waals surface area contributed by atoms with Crippen molar-refractivity contribution < 1.29 is 8.78 Å². The lowest BCUT2D eigenvalue weighted by molar-refractivity contribution is -0.0492. The van der Waals surface area contributed by atoms with Crippen molar-refractivity contribution >= 4 is 15.9 Å². The van der Waals surface area contributed by atoms with E-state index < -0.39 is 5.92 Å². The number of hydrogen-bond donors (Lipinski definition) is 1. The molecule has 0 aliphatic heterocycles. The molecule has 1 fully saturated rings. The molecule has 1 atom stereocenters. The Balaban J connectivity index is 1.95. The second-order valence-electron chi connectivity index (χ2n) is 5.42. The minimum atomic E-state index is -2.44. The van der Waals surface area contributed by atoms with Crippen molar-refractivity contribution in [3.05, 3.63) is 34.3 Å². The first-order chi connectivity index (χ1) is 9.00. The first-order valence-corrected chi connectivity index (χ1v) is 7.59. The Bertz CT molecular complexity index is 395. The summed E-state index contributed by atoms with van der Waals surface area (Å²) in [7, 11) is 1.93. The van der Waals surface area contributed by atoms with Gasteiger partial charge in [-0.15, -0.1) is 0 Å². The summed E-state index contributed by atoms with van der Waals surface area (Å²) in [6, 6.07) is 8.52. The molecule has 0 bridgehead atoms. The van der Waals surface area contributed by atoms with E-state index >= 15 is 0 Å². The lowest BCUT2D eigenvalue weighted by Gasteiger charge is -2.33. The summed E-state index contributed by atoms with van der Waals surface area (Å²) in [5.74, 6) is -2.08. The van der Waals surface area contributed by atoms with Crippen LogP contribution in [0.1, 0.15) is 31.2 Å². The van der Waals surface area contributed by atoms with Crippen molar-refractivity contribution in [1.82, 2.24) is 5.32 Å². The average molecular weight is 332 g/mol. The van der Waals surface area contributed by atoms with Crippen molar-refractivity contribution in [2.45, 2.75) is 44.1 Å². The van der Waals surface area contributed by atoms with Gasteiger partial charge in [0.1, 0.15) is 0 Å². The highest BCUT2D eigenvalue weighted by Crippen LogP contribution is 2.37. The summed E-state index contributed by atoms with van der Waals surface area (Å²) >= 11 is 3.42. The molecule has 1 unspecified atom stereocenters. The smallest absolute Gasteiger partial charge is 0.248 e. The van der Waals surface area contributed by atoms with Crippen molar-refractivity contribution in [3.8, 4) is 0 Å². The molecular formula is C15H20BrF2N. The summed E-state index contributed by atoms with van der Waals surface area (Å²) in [5.41, 5.74) is 1.25. The maximum absolute atomic E-state index is 13.2. The summed E-state index contributed by atoms with van der Waals surface area (Å²) in [6.07, 6.45) is 2.22. The van der Waals surface area contributed by atoms with E-state index in [0.29, 0.717) is 18.8 Å². The zero-order valence-corrected chi connectivity index (χ0v) is 12.7. The van der Waals surface area contributed by atoms with Crippen LogP contribution in [0.3, 0.4) is 0 Å². The third-order valence-corrected chi connectivity index (χ3v) is 4.60. The predicted octanol–water partition coefficient (Wildman–Crippen LogP) is 4.41. The van der Waals surface area contributed by atoms with Gasteiger partial charge in [-0.25, -0.2) is 8.78 Å². The van der Waals surface area contributed by atoms with E-state index in [1.807, 2.05) is 19.2 Å². The summed E-state index contributed by atoms with van der Waals surface area (Å²) in [5, 5.41) is 3.31. The molecule has 1 N–H and O–H groups in total. The molecule has 2 rings (SSSR count). The first kappa shape index (κ1) is 14.9. The summed E-state index contributed by atoms with van der Waals surface area (Å²) < 4.78 is 27.4. The van der Waals surface area contributed by atoms with Gasteiger partial charge in [0.05, 0.1) is 0 Å². The molecule has 0 saturated heterocycles. The van der Waals surface area contributed by atoms with Crippen LogP contribution >= 0.6 is 15.9 Å². The van der Waals surface area contributed by atoms with E-state index in [9.17, 15) is 8.78 Å². The molecule has 1 aliphatic rings. The van der Waals surface area contributed by atoms with Crippen LogP contribution in [-0.4, -0.2) is 19.0 Å². The van der Waals surface area contributed by atoms with Gasteiger partial charge in [0.15, 0.2) is 0 Å². The molecule has 1 nitrogen and oxygen atoms in total. The fourth-order valence-corrected chi connectivity index (χ4v) is 3.11. The van der Waals surface area contributed by atoms with Gasteiger partial charge in [0.2, 0.25) is 5.92 Å². The van der Waals surface area contributed by atoms with Crippen LogP contribution in [0, 0.1) is 5.92 Å². The van der Waals surface area contributed by atoms with Gasteiger partial charge in [0, 0.05) is 23.4 Å². The molecule has 0 aromatic heterocycles. The Kier molecular flexibility index (Phi) is 4.96. The predicted molar refractivity (Wildman–Crippen MR) is 77.6 cm³/mol. The SMILES string of the molecule is CNC(Cc1ccc(Br)cc1)C1CCC(F)(F)CC1. The van der Waals surface area contributed by atoms with Crippen LogP contribution in [0.4, 0.5) is 8.78 Å². The molecule has 1 aromatic rings. The Morgan fingerprint density at radius 2 is 1.84 bits per heavy atom. The molecular weight excluding hydrogens is 312 g/mol. The van der Waals surface area contributed by atoms with Crippen LogP contribution < -0.4 is 5.32 Å². The second-order valence-corrected chi connectivity index (χ2v) is 6.33. The van der Waals surface area contributed by atoms with Gasteiger partial charge in [-0.1, -0.05) is 28.1 Å². The second kappa shape index (κ2) is 6.31. The van der Waals surface area contributed by atoms with E-state index in [1.165, 1.54) is 5.56 Å². The highest BCUT2D eigenvalue weighted by Gasteiger charge is 2.37. The molecule has 106 valence electrons. The van der Waals surface area contributed by atoms with Crippen LogP contribution in [0.5, 0.6) is 0 Å². The van der Waals surface area contributed by atoms with Gasteiger partial charge in [-0.3, -0.25) is 0 Å². The highest BCUT2D eigenvalue weighted by molar-refractivity contribution is 9.10. The number of likely N-dealkylation sites (N-methyl/N-ethyl adjacent to an activating group) is 1. The Morgan fingerprint density at radius 3 is 2.37 bits per heavy atom. The maximum Gasteiger partial charge on any atom is 0.248 e. The maximum atomic E-state index is 13.2. The van der Waals surface area contributed by atoms with Gasteiger partial charge >= 0.3 is 0 Å². The van der Waals surface area contributed by atoms with Gasteiger partial charge < -0.3 is 5.32 Å². The van der Waals surface area contributed by atoms with Gasteiger partial charge in [0.25, 0.3) is 0 Å². The van der Waals surface area contributed by atoms with E-state index in [0.717, 1.165) is 10.9 Å². The number of nitrogens with one attached hydrogen (secondary N) is 1. The topological polar surface area (TPSA) is 12.0 Å². The number of benzene rings is 1. The van der Waals surface area contributed by atoms with Gasteiger partial charge in [-0.2, -0.15) is 0 Å². The molecule has 1 aromatic carbocycles. The molecule has 1 saturated carbocycles. The van der Waals surface area contributed by atoms with Crippen LogP contribution in [0.15, 0.2) is 28.7 Å². The number of rotatable bonds is 4. The lowest BCUT2D eigenvalue weighted by atomic mass is 9.80. The first-order valence-electron chi connectivity index (χ1n) is 6.80. The van der Waals surface area contributed by atoms with Crippen LogP contribution in [0.25, 0.3) is 0 Å². The standard InChI is InChI=1S/C15H20BrF2N/c1-19-14(10-11-2-4-13(16)5-3-11)12-6-8-15(17,18)9-7-12/h2-5,12,14,19H,6-10H2,1H3. The Hall–Kier alpha value is -0.480. The van der Waals surface area contributed by atoms with E-state index in [4.69, 9.17) is 0 Å². The Labute approximate surface area is 121 Å². The normalized spacial score (nSPS) is 21.3. The number of halogens is 3. The molecule has 0 amide bonds. The lowest BCUT2D eigenvalue weighted by Crippen LogP contribution is -2.39. The third-order valence-electron chi connectivity index (χ3n) is 4.07. The number of alkyl halides is 2. The third kappa shape index (κ3) is 4.25. The Morgan fingerprint density at radius 1 is 1.26 bits per heavy atom. The van der Waals surface area contributed by atoms with Gasteiger partial charge in [-0.05, 0) is 49.9 Å². The largest absolute Gasteiger partial charge is 0.316 e. The van der Waals surface area contributed by atoms with Crippen LogP contribution in [-0.2, 0) is 6.42 Å². The minimum absolute atomic E-state index is 0.0379. The van der Waals surface area contributed by atoms with E-state index in [2.05, 4.69) is 33.4 Å². The zero-order valence-electron chi connectivity index (χ0n) is 11.1. The molecule has 0 spiro atoms. The van der Waals surface area contributed by atoms with Crippen molar-refractivity contribution in [2.75, 3.05) is 7.05 Å². The van der Waals surface area contributed by atoms with E-state index in [1.54, 1.807) is 0 Å². The fraction of sp³-hybridized carbons (Fsp3) is 0.600. The molecule has 0 radical (unpaired) electrons. The molecule has 19 heavy (non-hydrogen) atoms. The molecule has 4 heteroatoms. The highest BCUT2D eigenvalue weighted by atomic mass is 79.9. The quantitative estimate of drug-likeness (QED) is 0.861. The summed E-state index contributed by atoms with van der Waals surface area (Å²) in [6.45, 7) is 0. The molecule has 1 aliphatic carbocycles. The minimum Gasteiger partial charge on any atom is -0.316 e. The van der Waals surface area contributed by atoms with Crippen LogP contribution in [0.2, 0.25) is 0 Å². The van der Waals surface area contributed by atoms with Crippen molar-refractivity contribution in [3.63, 3.8) is 0 Å². The van der Waals surface area contributed by atoms with Crippen molar-refractivity contribution in [1.29, 1.82) is 0 Å². The zero-order chi connectivity index (χ0) is 13.9.